The Labute approximate surface area is 210 Å². The van der Waals surface area contributed by atoms with Crippen LogP contribution in [0.15, 0.2) is 65.1 Å². The Morgan fingerprint density at radius 2 is 1.81 bits per heavy atom. The van der Waals surface area contributed by atoms with Gasteiger partial charge < -0.3 is 29.4 Å². The van der Waals surface area contributed by atoms with Crippen molar-refractivity contribution in [2.24, 2.45) is 0 Å². The van der Waals surface area contributed by atoms with Gasteiger partial charge in [-0.1, -0.05) is 29.8 Å². The number of aryl methyl sites for hydroxylation is 1. The fraction of sp³-hybridized carbons (Fsp3) is 0.250. The molecule has 1 fully saturated rings. The highest BCUT2D eigenvalue weighted by Crippen LogP contribution is 2.48. The number of hydrogen-bond acceptors (Lipinski definition) is 6. The SMILES string of the molecule is CNC(=O)c1c(-c2ccc(C)cc2)oc2cc(N(C)c3ccc(OCB(O)O)cc3)c(C3CC3)cc12. The molecule has 0 radical (unpaired) electrons. The molecule has 3 N–H and O–H groups in total. The number of carbonyl (C=O) groups is 1. The van der Waals surface area contributed by atoms with E-state index < -0.39 is 7.12 Å². The van der Waals surface area contributed by atoms with Crippen molar-refractivity contribution >= 4 is 35.4 Å². The Kier molecular flexibility index (Phi) is 6.47. The molecule has 0 atom stereocenters. The van der Waals surface area contributed by atoms with E-state index in [-0.39, 0.29) is 12.4 Å². The second-order valence-corrected chi connectivity index (χ2v) is 9.28. The van der Waals surface area contributed by atoms with Crippen LogP contribution in [0.1, 0.15) is 40.2 Å². The minimum Gasteiger partial charge on any atom is -0.496 e. The summed E-state index contributed by atoms with van der Waals surface area (Å²) in [7, 11) is 2.13. The molecule has 7 nitrogen and oxygen atoms in total. The van der Waals surface area contributed by atoms with Crippen LogP contribution in [0.3, 0.4) is 0 Å². The molecule has 0 unspecified atom stereocenters. The number of benzene rings is 3. The van der Waals surface area contributed by atoms with Crippen molar-refractivity contribution in [3.63, 3.8) is 0 Å². The maximum atomic E-state index is 13.0. The minimum atomic E-state index is -1.52. The van der Waals surface area contributed by atoms with Gasteiger partial charge in [-0.3, -0.25) is 4.79 Å². The number of amides is 1. The molecule has 0 saturated heterocycles. The summed E-state index contributed by atoms with van der Waals surface area (Å²) in [6.07, 6.45) is 2.22. The number of hydrogen-bond donors (Lipinski definition) is 3. The first kappa shape index (κ1) is 24.0. The maximum absolute atomic E-state index is 13.0. The van der Waals surface area contributed by atoms with Crippen LogP contribution in [0, 0.1) is 6.92 Å². The van der Waals surface area contributed by atoms with E-state index in [1.165, 1.54) is 5.56 Å². The van der Waals surface area contributed by atoms with Crippen LogP contribution in [0.25, 0.3) is 22.3 Å². The summed E-state index contributed by atoms with van der Waals surface area (Å²) in [5.74, 6) is 1.40. The molecular formula is C28H29BN2O5. The van der Waals surface area contributed by atoms with Gasteiger partial charge in [0.2, 0.25) is 0 Å². The first-order chi connectivity index (χ1) is 17.4. The van der Waals surface area contributed by atoms with E-state index in [9.17, 15) is 4.79 Å². The molecule has 1 aliphatic rings. The van der Waals surface area contributed by atoms with Crippen molar-refractivity contribution in [1.82, 2.24) is 5.32 Å². The lowest BCUT2D eigenvalue weighted by Crippen LogP contribution is -2.22. The molecule has 0 aliphatic heterocycles. The standard InChI is InChI=1S/C28H29BN2O5/c1-17-4-6-19(7-5-17)27-26(28(32)30-2)23-14-22(18-8-9-18)24(15-25(23)36-27)31(3)20-10-12-21(13-11-20)35-16-29(33)34/h4-7,10-15,18,33-34H,8-9,16H2,1-3H3,(H,30,32). The van der Waals surface area contributed by atoms with Crippen LogP contribution in [-0.4, -0.2) is 43.7 Å². The van der Waals surface area contributed by atoms with Crippen molar-refractivity contribution in [2.75, 3.05) is 25.5 Å². The molecule has 36 heavy (non-hydrogen) atoms. The van der Waals surface area contributed by atoms with Crippen LogP contribution < -0.4 is 15.0 Å². The number of ether oxygens (including phenoxy) is 1. The van der Waals surface area contributed by atoms with Crippen LogP contribution in [0.4, 0.5) is 11.4 Å². The highest BCUT2D eigenvalue weighted by Gasteiger charge is 2.31. The lowest BCUT2D eigenvalue weighted by atomic mass is 9.95. The zero-order chi connectivity index (χ0) is 25.4. The number of fused-ring (bicyclic) bond motifs is 1. The monoisotopic (exact) mass is 484 g/mol. The third-order valence-corrected chi connectivity index (χ3v) is 6.61. The molecule has 1 amide bonds. The average molecular weight is 484 g/mol. The van der Waals surface area contributed by atoms with Gasteiger partial charge in [-0.25, -0.2) is 0 Å². The number of rotatable bonds is 8. The first-order valence-corrected chi connectivity index (χ1v) is 12.1. The highest BCUT2D eigenvalue weighted by molar-refractivity contribution is 6.40. The van der Waals surface area contributed by atoms with E-state index in [4.69, 9.17) is 19.2 Å². The quantitative estimate of drug-likeness (QED) is 0.311. The third-order valence-electron chi connectivity index (χ3n) is 6.61. The average Bonchev–Trinajstić information content (AvgIpc) is 3.67. The van der Waals surface area contributed by atoms with E-state index in [1.807, 2.05) is 56.4 Å². The van der Waals surface area contributed by atoms with E-state index in [1.54, 1.807) is 19.2 Å². The smallest absolute Gasteiger partial charge is 0.491 e. The maximum Gasteiger partial charge on any atom is 0.491 e. The van der Waals surface area contributed by atoms with E-state index >= 15 is 0 Å². The minimum absolute atomic E-state index is 0.171. The molecule has 8 heteroatoms. The molecule has 184 valence electrons. The van der Waals surface area contributed by atoms with Gasteiger partial charge in [0.1, 0.15) is 23.6 Å². The van der Waals surface area contributed by atoms with Crippen LogP contribution in [0.5, 0.6) is 5.75 Å². The van der Waals surface area contributed by atoms with Gasteiger partial charge in [0.25, 0.3) is 5.91 Å². The molecule has 0 bridgehead atoms. The molecule has 3 aromatic carbocycles. The van der Waals surface area contributed by atoms with Gasteiger partial charge in [-0.15, -0.1) is 0 Å². The molecule has 1 heterocycles. The van der Waals surface area contributed by atoms with Gasteiger partial charge in [-0.05, 0) is 61.6 Å². The summed E-state index contributed by atoms with van der Waals surface area (Å²) >= 11 is 0. The van der Waals surface area contributed by atoms with E-state index in [2.05, 4.69) is 16.3 Å². The highest BCUT2D eigenvalue weighted by atomic mass is 16.5. The number of anilines is 2. The predicted molar refractivity (Wildman–Crippen MR) is 142 cm³/mol. The predicted octanol–water partition coefficient (Wildman–Crippen LogP) is 4.80. The van der Waals surface area contributed by atoms with Gasteiger partial charge >= 0.3 is 7.12 Å². The van der Waals surface area contributed by atoms with Crippen molar-refractivity contribution in [3.05, 3.63) is 77.4 Å². The fourth-order valence-electron chi connectivity index (χ4n) is 4.50. The Hall–Kier alpha value is -3.75. The Bertz CT molecular complexity index is 1390. The number of carbonyl (C=O) groups excluding carboxylic acids is 1. The summed E-state index contributed by atoms with van der Waals surface area (Å²) in [6.45, 7) is 1.84. The summed E-state index contributed by atoms with van der Waals surface area (Å²) in [6, 6.07) is 19.6. The van der Waals surface area contributed by atoms with Crippen molar-refractivity contribution in [3.8, 4) is 17.1 Å². The number of nitrogens with zero attached hydrogens (tertiary/aromatic N) is 1. The lowest BCUT2D eigenvalue weighted by molar-refractivity contribution is 0.0964. The summed E-state index contributed by atoms with van der Waals surface area (Å²) in [5, 5.41) is 21.6. The number of furan rings is 1. The number of nitrogens with one attached hydrogen (secondary N) is 1. The van der Waals surface area contributed by atoms with Crippen LogP contribution >= 0.6 is 0 Å². The lowest BCUT2D eigenvalue weighted by Gasteiger charge is -2.23. The Morgan fingerprint density at radius 1 is 1.11 bits per heavy atom. The zero-order valence-electron chi connectivity index (χ0n) is 20.6. The Morgan fingerprint density at radius 3 is 2.42 bits per heavy atom. The summed E-state index contributed by atoms with van der Waals surface area (Å²) in [4.78, 5) is 15.1. The van der Waals surface area contributed by atoms with E-state index in [0.29, 0.717) is 28.6 Å². The molecule has 0 spiro atoms. The topological polar surface area (TPSA) is 95.2 Å². The van der Waals surface area contributed by atoms with Crippen LogP contribution in [0.2, 0.25) is 0 Å². The molecule has 5 rings (SSSR count). The fourth-order valence-corrected chi connectivity index (χ4v) is 4.50. The second-order valence-electron chi connectivity index (χ2n) is 9.28. The van der Waals surface area contributed by atoms with Crippen molar-refractivity contribution < 1.29 is 24.0 Å². The van der Waals surface area contributed by atoms with Crippen LogP contribution in [-0.2, 0) is 0 Å². The second kappa shape index (κ2) is 9.72. The van der Waals surface area contributed by atoms with Gasteiger partial charge in [0.15, 0.2) is 0 Å². The van der Waals surface area contributed by atoms with Gasteiger partial charge in [0, 0.05) is 42.5 Å². The molecule has 1 aromatic heterocycles. The normalized spacial score (nSPS) is 13.0. The largest absolute Gasteiger partial charge is 0.496 e. The van der Waals surface area contributed by atoms with Gasteiger partial charge in [-0.2, -0.15) is 0 Å². The van der Waals surface area contributed by atoms with E-state index in [0.717, 1.165) is 40.7 Å². The summed E-state index contributed by atoms with van der Waals surface area (Å²) < 4.78 is 11.7. The Balaban J connectivity index is 1.59. The zero-order valence-corrected chi connectivity index (χ0v) is 20.6. The van der Waals surface area contributed by atoms with Crippen molar-refractivity contribution in [1.29, 1.82) is 0 Å². The van der Waals surface area contributed by atoms with Gasteiger partial charge in [0.05, 0.1) is 5.56 Å². The molecule has 1 saturated carbocycles. The molecule has 1 aliphatic carbocycles. The molecular weight excluding hydrogens is 455 g/mol. The molecule has 4 aromatic rings. The van der Waals surface area contributed by atoms with Crippen molar-refractivity contribution in [2.45, 2.75) is 25.7 Å². The third kappa shape index (κ3) is 4.70. The first-order valence-electron chi connectivity index (χ1n) is 12.1. The summed E-state index contributed by atoms with van der Waals surface area (Å²) in [5.41, 5.74) is 6.38.